The lowest BCUT2D eigenvalue weighted by Crippen LogP contribution is -2.31. The van der Waals surface area contributed by atoms with Gasteiger partial charge in [-0.25, -0.2) is 0 Å². The highest BCUT2D eigenvalue weighted by Crippen LogP contribution is 2.20. The minimum Gasteiger partial charge on any atom is -0.481 e. The van der Waals surface area contributed by atoms with Crippen molar-refractivity contribution in [2.24, 2.45) is 0 Å². The lowest BCUT2D eigenvalue weighted by atomic mass is 10.5. The Kier molecular flexibility index (Phi) is 1.05. The molecule has 2 unspecified atom stereocenters. The molecule has 0 spiro atoms. The van der Waals surface area contributed by atoms with Crippen LogP contribution < -0.4 is 0 Å². The van der Waals surface area contributed by atoms with Crippen molar-refractivity contribution in [3.63, 3.8) is 0 Å². The zero-order valence-corrected chi connectivity index (χ0v) is 6.64. The van der Waals surface area contributed by atoms with Gasteiger partial charge in [0.15, 0.2) is 0 Å². The fourth-order valence-corrected chi connectivity index (χ4v) is 0.818. The van der Waals surface area contributed by atoms with Crippen LogP contribution in [0, 0.1) is 0 Å². The lowest BCUT2D eigenvalue weighted by Gasteiger charge is -2.20. The summed E-state index contributed by atoms with van der Waals surface area (Å²) in [4.78, 5) is 10.7. The zero-order chi connectivity index (χ0) is 10.9. The van der Waals surface area contributed by atoms with Gasteiger partial charge < -0.3 is 5.11 Å². The van der Waals surface area contributed by atoms with E-state index in [-0.39, 0.29) is 6.52 Å². The Morgan fingerprint density at radius 2 is 2.44 bits per heavy atom. The van der Waals surface area contributed by atoms with Crippen LogP contribution in [0.3, 0.4) is 0 Å². The van der Waals surface area contributed by atoms with Crippen molar-refractivity contribution in [2.75, 3.05) is 0 Å². The Morgan fingerprint density at radius 1 is 1.89 bits per heavy atom. The van der Waals surface area contributed by atoms with Gasteiger partial charge in [0.1, 0.15) is 0 Å². The van der Waals surface area contributed by atoms with Crippen LogP contribution >= 0.6 is 0 Å². The maximum absolute atomic E-state index is 10.7. The summed E-state index contributed by atoms with van der Waals surface area (Å²) in [6, 6.07) is 0. The molecule has 0 aliphatic carbocycles. The molecule has 0 saturated carbocycles. The molecule has 0 radical (unpaired) electrons. The van der Waals surface area contributed by atoms with E-state index in [1.165, 1.54) is 13.5 Å². The van der Waals surface area contributed by atoms with Crippen LogP contribution in [-0.2, 0) is 4.79 Å². The molecule has 1 N–H and O–H groups in total. The summed E-state index contributed by atoms with van der Waals surface area (Å²) in [6.07, 6.45) is 0. The predicted octanol–water partition coefficient (Wildman–Crippen LogP) is 1.80. The molecule has 0 aromatic heterocycles. The molecule has 0 rings (SSSR count). The Labute approximate surface area is 62.5 Å². The standard InChI is InChI=1S/C6H14O2Si/c1-5(6(7)8)9(2,3)4/h5H,1-4H3,(H,7,8)/i2D,3D3. The minimum atomic E-state index is -3.02. The second-order valence-electron chi connectivity index (χ2n) is 2.48. The first kappa shape index (κ1) is 3.76. The first-order valence-electron chi connectivity index (χ1n) is 4.89. The van der Waals surface area contributed by atoms with Gasteiger partial charge in [-0.05, 0) is 0 Å². The molecular formula is C6H14O2Si. The van der Waals surface area contributed by atoms with E-state index in [2.05, 4.69) is 0 Å². The molecule has 0 bridgehead atoms. The molecule has 2 atom stereocenters. The largest absolute Gasteiger partial charge is 0.481 e. The number of hydrogen-bond donors (Lipinski definition) is 1. The van der Waals surface area contributed by atoms with Crippen molar-refractivity contribution in [2.45, 2.75) is 32.0 Å². The Bertz CT molecular complexity index is 205. The van der Waals surface area contributed by atoms with Crippen molar-refractivity contribution in [1.82, 2.24) is 0 Å². The van der Waals surface area contributed by atoms with Gasteiger partial charge in [0.25, 0.3) is 0 Å². The van der Waals surface area contributed by atoms with Gasteiger partial charge in [-0.3, -0.25) is 4.79 Å². The third-order valence-corrected chi connectivity index (χ3v) is 3.48. The van der Waals surface area contributed by atoms with Gasteiger partial charge in [0.05, 0.1) is 8.07 Å². The lowest BCUT2D eigenvalue weighted by molar-refractivity contribution is -0.136. The zero-order valence-electron chi connectivity index (χ0n) is 9.64. The minimum absolute atomic E-state index is 0.281. The number of carbonyl (C=O) groups is 1. The summed E-state index contributed by atoms with van der Waals surface area (Å²) in [6.45, 7) is 0.283. The fourth-order valence-electron chi connectivity index (χ4n) is 0.273. The average molecular weight is 150 g/mol. The summed E-state index contributed by atoms with van der Waals surface area (Å²) in [5.41, 5.74) is -0.905. The molecule has 9 heavy (non-hydrogen) atoms. The topological polar surface area (TPSA) is 37.3 Å². The second-order valence-corrected chi connectivity index (χ2v) is 6.18. The van der Waals surface area contributed by atoms with E-state index >= 15 is 0 Å². The molecular weight excluding hydrogens is 132 g/mol. The average Bonchev–Trinajstić information content (AvgIpc) is 1.99. The fraction of sp³-hybridized carbons (Fsp3) is 0.833. The molecule has 0 aromatic rings. The molecule has 0 heterocycles. The van der Waals surface area contributed by atoms with Crippen LogP contribution in [0.4, 0.5) is 0 Å². The van der Waals surface area contributed by atoms with Crippen LogP contribution in [0.5, 0.6) is 0 Å². The molecule has 0 aromatic carbocycles. The Morgan fingerprint density at radius 3 is 2.56 bits per heavy atom. The highest BCUT2D eigenvalue weighted by Gasteiger charge is 2.27. The van der Waals surface area contributed by atoms with E-state index in [0.717, 1.165) is 0 Å². The first-order valence-corrected chi connectivity index (χ1v) is 5.47. The van der Waals surface area contributed by atoms with Crippen LogP contribution in [-0.4, -0.2) is 19.1 Å². The molecule has 0 aliphatic heterocycles. The Balaban J connectivity index is 4.95. The highest BCUT2D eigenvalue weighted by atomic mass is 28.3. The van der Waals surface area contributed by atoms with Gasteiger partial charge in [0.2, 0.25) is 0 Å². The monoisotopic (exact) mass is 150 g/mol. The van der Waals surface area contributed by atoms with Crippen molar-refractivity contribution in [3.05, 3.63) is 0 Å². The summed E-state index contributed by atoms with van der Waals surface area (Å²) in [7, 11) is -3.02. The number of rotatable bonds is 2. The maximum atomic E-state index is 10.7. The van der Waals surface area contributed by atoms with Crippen molar-refractivity contribution in [3.8, 4) is 0 Å². The van der Waals surface area contributed by atoms with Crippen molar-refractivity contribution >= 4 is 14.0 Å². The molecule has 0 amide bonds. The first-order chi connectivity index (χ1) is 5.66. The summed E-state index contributed by atoms with van der Waals surface area (Å²) >= 11 is 0. The second kappa shape index (κ2) is 2.52. The van der Waals surface area contributed by atoms with Crippen LogP contribution in [0.15, 0.2) is 0 Å². The van der Waals surface area contributed by atoms with Crippen LogP contribution in [0.1, 0.15) is 12.4 Å². The normalized spacial score (nSPS) is 28.2. The van der Waals surface area contributed by atoms with E-state index in [1.807, 2.05) is 0 Å². The van der Waals surface area contributed by atoms with Gasteiger partial charge in [-0.1, -0.05) is 26.5 Å². The molecule has 54 valence electrons. The predicted molar refractivity (Wildman–Crippen MR) is 40.4 cm³/mol. The smallest absolute Gasteiger partial charge is 0.303 e. The molecule has 3 heteroatoms. The third-order valence-electron chi connectivity index (χ3n) is 1.33. The van der Waals surface area contributed by atoms with Gasteiger partial charge in [-0.15, -0.1) is 0 Å². The van der Waals surface area contributed by atoms with Gasteiger partial charge in [0, 0.05) is 11.0 Å². The number of carboxylic acid groups (broad SMARTS) is 1. The summed E-state index contributed by atoms with van der Waals surface area (Å²) in [5.74, 6) is -1.11. The van der Waals surface area contributed by atoms with Gasteiger partial charge >= 0.3 is 5.97 Å². The molecule has 0 aliphatic rings. The van der Waals surface area contributed by atoms with Crippen LogP contribution in [0.2, 0.25) is 25.1 Å². The van der Waals surface area contributed by atoms with Gasteiger partial charge in [-0.2, -0.15) is 0 Å². The van der Waals surface area contributed by atoms with E-state index in [9.17, 15) is 4.79 Å². The summed E-state index contributed by atoms with van der Waals surface area (Å²) in [5, 5.41) is 8.71. The highest BCUT2D eigenvalue weighted by molar-refractivity contribution is 6.80. The van der Waals surface area contributed by atoms with E-state index < -0.39 is 26.1 Å². The van der Waals surface area contributed by atoms with Crippen LogP contribution in [0.25, 0.3) is 0 Å². The van der Waals surface area contributed by atoms with E-state index in [4.69, 9.17) is 10.6 Å². The quantitative estimate of drug-likeness (QED) is 0.609. The Hall–Kier alpha value is -0.313. The number of carboxylic acids is 1. The SMILES string of the molecule is [2H]C[Si](C)(C(C)C(=O)O)C([2H])([2H])[2H]. The van der Waals surface area contributed by atoms with Crippen molar-refractivity contribution in [1.29, 1.82) is 0 Å². The molecule has 0 fully saturated rings. The summed E-state index contributed by atoms with van der Waals surface area (Å²) < 4.78 is 28.8. The van der Waals surface area contributed by atoms with E-state index in [1.54, 1.807) is 0 Å². The van der Waals surface area contributed by atoms with Crippen molar-refractivity contribution < 1.29 is 15.4 Å². The number of aliphatic carboxylic acids is 1. The third kappa shape index (κ3) is 2.65. The number of hydrogen-bond acceptors (Lipinski definition) is 1. The maximum Gasteiger partial charge on any atom is 0.303 e. The molecule has 2 nitrogen and oxygen atoms in total. The molecule has 0 saturated heterocycles. The van der Waals surface area contributed by atoms with E-state index in [0.29, 0.717) is 0 Å².